The first-order valence-corrected chi connectivity index (χ1v) is 14.7. The van der Waals surface area contributed by atoms with Crippen LogP contribution in [-0.2, 0) is 32.0 Å². The molecule has 0 saturated heterocycles. The van der Waals surface area contributed by atoms with Crippen molar-refractivity contribution in [3.8, 4) is 5.75 Å². The number of Topliss-reactive ketones (excluding diaryl/α,β-unsaturated/α-hetero) is 1. The number of esters is 1. The van der Waals surface area contributed by atoms with Crippen LogP contribution in [0.4, 0.5) is 0 Å². The maximum Gasteiger partial charge on any atom is 0.331 e. The van der Waals surface area contributed by atoms with Crippen LogP contribution >= 0.6 is 12.0 Å². The summed E-state index contributed by atoms with van der Waals surface area (Å²) in [5.41, 5.74) is 1.69. The molecule has 0 heterocycles. The molecule has 1 N–H and O–H groups in total. The molecule has 3 rings (SSSR count). The van der Waals surface area contributed by atoms with Crippen molar-refractivity contribution in [2.24, 2.45) is 5.92 Å². The summed E-state index contributed by atoms with van der Waals surface area (Å²) in [6.45, 7) is 9.71. The number of carbonyl (C=O) groups excluding carboxylic acids is 3. The van der Waals surface area contributed by atoms with E-state index in [9.17, 15) is 14.4 Å². The van der Waals surface area contributed by atoms with Gasteiger partial charge in [-0.2, -0.15) is 0 Å². The fraction of sp³-hybridized carbons (Fsp3) is 0.516. The zero-order valence-electron chi connectivity index (χ0n) is 23.8. The number of nitrogens with one attached hydrogen (secondary N) is 1. The number of hydrogen-bond acceptors (Lipinski definition) is 7. The summed E-state index contributed by atoms with van der Waals surface area (Å²) in [5.74, 6) is 1.08. The predicted molar refractivity (Wildman–Crippen MR) is 156 cm³/mol. The van der Waals surface area contributed by atoms with Crippen molar-refractivity contribution >= 4 is 29.7 Å². The second-order valence-electron chi connectivity index (χ2n) is 10.6. The first-order valence-electron chi connectivity index (χ1n) is 13.8. The molecule has 2 aromatic carbocycles. The van der Waals surface area contributed by atoms with E-state index in [1.165, 1.54) is 24.7 Å². The van der Waals surface area contributed by atoms with E-state index in [0.29, 0.717) is 24.5 Å². The van der Waals surface area contributed by atoms with Crippen LogP contribution < -0.4 is 9.50 Å². The van der Waals surface area contributed by atoms with Crippen LogP contribution in [0, 0.1) is 5.92 Å². The maximum absolute atomic E-state index is 13.3. The van der Waals surface area contributed by atoms with E-state index in [1.807, 2.05) is 55.5 Å². The Hall–Kier alpha value is -2.84. The van der Waals surface area contributed by atoms with Crippen LogP contribution in [0.15, 0.2) is 48.5 Å². The SMILES string of the molecule is CCN(CC)CSOc1ccc(C[C@](C)(NC(=O)C(C)c2ccc(CC3CCC(=O)C3)cc2)C(=O)OC)cc1. The van der Waals surface area contributed by atoms with E-state index in [-0.39, 0.29) is 12.3 Å². The Morgan fingerprint density at radius 1 is 1.08 bits per heavy atom. The highest BCUT2D eigenvalue weighted by atomic mass is 32.2. The topological polar surface area (TPSA) is 84.9 Å². The van der Waals surface area contributed by atoms with Gasteiger partial charge in [0.1, 0.15) is 17.1 Å². The monoisotopic (exact) mass is 554 g/mol. The molecule has 0 aromatic heterocycles. The molecule has 212 valence electrons. The molecule has 3 atom stereocenters. The highest BCUT2D eigenvalue weighted by Crippen LogP contribution is 2.27. The van der Waals surface area contributed by atoms with Crippen LogP contribution in [0.1, 0.15) is 69.6 Å². The number of amides is 1. The Bertz CT molecular complexity index is 1100. The molecule has 0 bridgehead atoms. The highest BCUT2D eigenvalue weighted by Gasteiger charge is 2.37. The van der Waals surface area contributed by atoms with Crippen molar-refractivity contribution in [2.75, 3.05) is 26.1 Å². The van der Waals surface area contributed by atoms with Crippen molar-refractivity contribution in [3.05, 3.63) is 65.2 Å². The average molecular weight is 555 g/mol. The fourth-order valence-electron chi connectivity index (χ4n) is 4.91. The number of ketones is 1. The van der Waals surface area contributed by atoms with Gasteiger partial charge in [-0.05, 0) is 74.5 Å². The largest absolute Gasteiger partial charge is 0.467 e. The Kier molecular flexibility index (Phi) is 11.4. The third-order valence-corrected chi connectivity index (χ3v) is 8.33. The number of carbonyl (C=O) groups is 3. The first-order chi connectivity index (χ1) is 18.7. The molecule has 39 heavy (non-hydrogen) atoms. The predicted octanol–water partition coefficient (Wildman–Crippen LogP) is 5.32. The molecule has 0 radical (unpaired) electrons. The average Bonchev–Trinajstić information content (AvgIpc) is 3.35. The number of rotatable bonds is 14. The van der Waals surface area contributed by atoms with Gasteiger partial charge in [0.15, 0.2) is 0 Å². The number of ether oxygens (including phenoxy) is 1. The molecule has 2 unspecified atom stereocenters. The van der Waals surface area contributed by atoms with Crippen LogP contribution in [-0.4, -0.2) is 54.2 Å². The lowest BCUT2D eigenvalue weighted by molar-refractivity contribution is -0.150. The molecule has 1 aliphatic rings. The molecule has 1 amide bonds. The van der Waals surface area contributed by atoms with Crippen molar-refractivity contribution in [1.29, 1.82) is 0 Å². The number of nitrogens with zero attached hydrogens (tertiary/aromatic N) is 1. The molecule has 1 saturated carbocycles. The Morgan fingerprint density at radius 3 is 2.28 bits per heavy atom. The van der Waals surface area contributed by atoms with Gasteiger partial charge >= 0.3 is 5.97 Å². The summed E-state index contributed by atoms with van der Waals surface area (Å²) >= 11 is 1.39. The molecule has 0 aliphatic heterocycles. The van der Waals surface area contributed by atoms with Crippen LogP contribution in [0.5, 0.6) is 5.75 Å². The number of methoxy groups -OCH3 is 1. The van der Waals surface area contributed by atoms with Gasteiger partial charge in [0.05, 0.1) is 30.9 Å². The van der Waals surface area contributed by atoms with Crippen LogP contribution in [0.25, 0.3) is 0 Å². The van der Waals surface area contributed by atoms with Crippen LogP contribution in [0.2, 0.25) is 0 Å². The van der Waals surface area contributed by atoms with E-state index in [0.717, 1.165) is 48.7 Å². The summed E-state index contributed by atoms with van der Waals surface area (Å²) in [5, 5.41) is 2.95. The van der Waals surface area contributed by atoms with Crippen molar-refractivity contribution in [2.45, 2.75) is 71.3 Å². The second kappa shape index (κ2) is 14.5. The van der Waals surface area contributed by atoms with Gasteiger partial charge in [-0.3, -0.25) is 14.5 Å². The molecule has 8 heteroatoms. The molecular formula is C31H42N2O5S. The van der Waals surface area contributed by atoms with Gasteiger partial charge in [-0.1, -0.05) is 50.2 Å². The number of benzene rings is 2. The minimum Gasteiger partial charge on any atom is -0.467 e. The minimum atomic E-state index is -1.23. The van der Waals surface area contributed by atoms with Gasteiger partial charge in [0.2, 0.25) is 5.91 Å². The zero-order valence-corrected chi connectivity index (χ0v) is 24.6. The third-order valence-electron chi connectivity index (χ3n) is 7.55. The lowest BCUT2D eigenvalue weighted by Crippen LogP contribution is -2.55. The standard InChI is InChI=1S/C31H42N2O5S/c1-6-33(7-2)21-39-38-28-16-11-24(12-17-28)20-31(4,30(36)37-5)32-29(35)22(3)26-13-8-23(9-14-26)18-25-10-15-27(34)19-25/h8-9,11-14,16-17,22,25H,6-7,10,15,18-21H2,1-5H3,(H,32,35)/t22?,25?,31-/m0/s1. The molecule has 0 spiro atoms. The highest BCUT2D eigenvalue weighted by molar-refractivity contribution is 7.94. The van der Waals surface area contributed by atoms with Crippen LogP contribution in [0.3, 0.4) is 0 Å². The minimum absolute atomic E-state index is 0.246. The third kappa shape index (κ3) is 8.83. The Balaban J connectivity index is 1.60. The maximum atomic E-state index is 13.3. The second-order valence-corrected chi connectivity index (χ2v) is 11.2. The van der Waals surface area contributed by atoms with Gasteiger partial charge < -0.3 is 14.2 Å². The zero-order chi connectivity index (χ0) is 28.4. The lowest BCUT2D eigenvalue weighted by Gasteiger charge is -2.29. The van der Waals surface area contributed by atoms with Crippen molar-refractivity contribution < 1.29 is 23.3 Å². The van der Waals surface area contributed by atoms with E-state index in [2.05, 4.69) is 24.1 Å². The van der Waals surface area contributed by atoms with E-state index in [1.54, 1.807) is 6.92 Å². The summed E-state index contributed by atoms with van der Waals surface area (Å²) < 4.78 is 10.9. The quantitative estimate of drug-likeness (QED) is 0.192. The van der Waals surface area contributed by atoms with E-state index >= 15 is 0 Å². The van der Waals surface area contributed by atoms with Gasteiger partial charge in [0, 0.05) is 19.3 Å². The van der Waals surface area contributed by atoms with E-state index < -0.39 is 17.4 Å². The summed E-state index contributed by atoms with van der Waals surface area (Å²) in [7, 11) is 1.33. The lowest BCUT2D eigenvalue weighted by atomic mass is 9.90. The Labute approximate surface area is 237 Å². The molecule has 7 nitrogen and oxygen atoms in total. The molecular weight excluding hydrogens is 512 g/mol. The number of hydrogen-bond donors (Lipinski definition) is 1. The summed E-state index contributed by atoms with van der Waals surface area (Å²) in [4.78, 5) is 39.9. The normalized spacial score (nSPS) is 17.5. The first kappa shape index (κ1) is 30.7. The van der Waals surface area contributed by atoms with E-state index in [4.69, 9.17) is 8.92 Å². The van der Waals surface area contributed by atoms with Gasteiger partial charge in [-0.15, -0.1) is 0 Å². The van der Waals surface area contributed by atoms with Crippen molar-refractivity contribution in [3.63, 3.8) is 0 Å². The summed E-state index contributed by atoms with van der Waals surface area (Å²) in [6.07, 6.45) is 3.47. The molecule has 1 fully saturated rings. The molecule has 2 aromatic rings. The Morgan fingerprint density at radius 2 is 1.72 bits per heavy atom. The summed E-state index contributed by atoms with van der Waals surface area (Å²) in [6, 6.07) is 15.5. The van der Waals surface area contributed by atoms with Gasteiger partial charge in [-0.25, -0.2) is 4.79 Å². The smallest absolute Gasteiger partial charge is 0.331 e. The molecule has 1 aliphatic carbocycles. The van der Waals surface area contributed by atoms with Gasteiger partial charge in [0.25, 0.3) is 0 Å². The van der Waals surface area contributed by atoms with Crippen molar-refractivity contribution in [1.82, 2.24) is 10.2 Å². The fourth-order valence-corrected chi connectivity index (χ4v) is 5.73.